The maximum Gasteiger partial charge on any atom is 0.140 e. The number of pyridine rings is 1. The topological polar surface area (TPSA) is 30.7 Å². The fourth-order valence-corrected chi connectivity index (χ4v) is 3.32. The fourth-order valence-electron chi connectivity index (χ4n) is 3.32. The van der Waals surface area contributed by atoms with Crippen LogP contribution in [0.3, 0.4) is 0 Å². The van der Waals surface area contributed by atoms with Crippen LogP contribution in [0.2, 0.25) is 0 Å². The second-order valence-corrected chi connectivity index (χ2v) is 6.11. The van der Waals surface area contributed by atoms with E-state index in [1.165, 1.54) is 22.4 Å². The third kappa shape index (κ3) is 1.97. The summed E-state index contributed by atoms with van der Waals surface area (Å²) in [5.41, 5.74) is 6.15. The summed E-state index contributed by atoms with van der Waals surface area (Å²) in [5, 5.41) is 0. The van der Waals surface area contributed by atoms with Crippen molar-refractivity contribution in [2.24, 2.45) is 0 Å². The molecule has 0 N–H and O–H groups in total. The Hall–Kier alpha value is -2.42. The molecular formula is C19H19N3. The van der Waals surface area contributed by atoms with Crippen LogP contribution in [0.4, 0.5) is 0 Å². The van der Waals surface area contributed by atoms with Crippen molar-refractivity contribution in [2.75, 3.05) is 0 Å². The maximum atomic E-state index is 4.69. The van der Waals surface area contributed by atoms with Gasteiger partial charge >= 0.3 is 0 Å². The maximum absolute atomic E-state index is 4.69. The van der Waals surface area contributed by atoms with Crippen LogP contribution in [-0.2, 0) is 13.0 Å². The molecule has 3 heteroatoms. The van der Waals surface area contributed by atoms with Gasteiger partial charge in [0.25, 0.3) is 0 Å². The Balaban J connectivity index is 1.90. The van der Waals surface area contributed by atoms with E-state index in [1.807, 2.05) is 18.5 Å². The van der Waals surface area contributed by atoms with Gasteiger partial charge in [0.05, 0.1) is 5.69 Å². The SMILES string of the molecule is CC(C)c1cnc2n1CCc1c-2ccnc1-c1ccccc1. The molecule has 0 saturated heterocycles. The van der Waals surface area contributed by atoms with Gasteiger partial charge in [-0.2, -0.15) is 0 Å². The molecule has 4 rings (SSSR count). The summed E-state index contributed by atoms with van der Waals surface area (Å²) < 4.78 is 2.36. The monoisotopic (exact) mass is 289 g/mol. The zero-order valence-electron chi connectivity index (χ0n) is 13.0. The highest BCUT2D eigenvalue weighted by Gasteiger charge is 2.23. The number of hydrogen-bond donors (Lipinski definition) is 0. The van der Waals surface area contributed by atoms with E-state index in [2.05, 4.69) is 58.7 Å². The fraction of sp³-hybridized carbons (Fsp3) is 0.263. The van der Waals surface area contributed by atoms with Gasteiger partial charge < -0.3 is 4.57 Å². The highest BCUT2D eigenvalue weighted by Crippen LogP contribution is 2.35. The molecule has 0 aliphatic carbocycles. The average Bonchev–Trinajstić information content (AvgIpc) is 2.99. The highest BCUT2D eigenvalue weighted by atomic mass is 15.1. The number of benzene rings is 1. The first-order valence-corrected chi connectivity index (χ1v) is 7.85. The van der Waals surface area contributed by atoms with Gasteiger partial charge in [-0.25, -0.2) is 4.98 Å². The van der Waals surface area contributed by atoms with E-state index in [9.17, 15) is 0 Å². The van der Waals surface area contributed by atoms with Crippen LogP contribution in [0, 0.1) is 0 Å². The van der Waals surface area contributed by atoms with E-state index in [4.69, 9.17) is 0 Å². The zero-order valence-corrected chi connectivity index (χ0v) is 13.0. The highest BCUT2D eigenvalue weighted by molar-refractivity contribution is 5.74. The van der Waals surface area contributed by atoms with E-state index in [0.29, 0.717) is 5.92 Å². The number of hydrogen-bond acceptors (Lipinski definition) is 2. The molecule has 3 nitrogen and oxygen atoms in total. The summed E-state index contributed by atoms with van der Waals surface area (Å²) in [7, 11) is 0. The van der Waals surface area contributed by atoms with Gasteiger partial charge in [0.2, 0.25) is 0 Å². The van der Waals surface area contributed by atoms with Crippen molar-refractivity contribution < 1.29 is 0 Å². The molecule has 0 bridgehead atoms. The summed E-state index contributed by atoms with van der Waals surface area (Å²) in [5.74, 6) is 1.59. The normalized spacial score (nSPS) is 13.0. The van der Waals surface area contributed by atoms with Gasteiger partial charge in [0.15, 0.2) is 0 Å². The van der Waals surface area contributed by atoms with Crippen molar-refractivity contribution in [1.82, 2.24) is 14.5 Å². The summed E-state index contributed by atoms with van der Waals surface area (Å²) >= 11 is 0. The van der Waals surface area contributed by atoms with Gasteiger partial charge in [-0.3, -0.25) is 4.98 Å². The van der Waals surface area contributed by atoms with Crippen LogP contribution in [-0.4, -0.2) is 14.5 Å². The molecular weight excluding hydrogens is 270 g/mol. The molecule has 0 unspecified atom stereocenters. The largest absolute Gasteiger partial charge is 0.328 e. The minimum atomic E-state index is 0.498. The Morgan fingerprint density at radius 3 is 2.64 bits per heavy atom. The van der Waals surface area contributed by atoms with Crippen molar-refractivity contribution in [1.29, 1.82) is 0 Å². The average molecular weight is 289 g/mol. The van der Waals surface area contributed by atoms with E-state index in [-0.39, 0.29) is 0 Å². The van der Waals surface area contributed by atoms with Crippen LogP contribution in [0.5, 0.6) is 0 Å². The molecule has 0 amide bonds. The minimum Gasteiger partial charge on any atom is -0.328 e. The van der Waals surface area contributed by atoms with E-state index in [0.717, 1.165) is 24.5 Å². The number of aromatic nitrogens is 3. The molecule has 0 saturated carbocycles. The van der Waals surface area contributed by atoms with Gasteiger partial charge in [0.1, 0.15) is 5.82 Å². The van der Waals surface area contributed by atoms with Gasteiger partial charge in [-0.05, 0) is 24.0 Å². The lowest BCUT2D eigenvalue weighted by Crippen LogP contribution is -2.15. The van der Waals surface area contributed by atoms with E-state index < -0.39 is 0 Å². The quantitative estimate of drug-likeness (QED) is 0.704. The van der Waals surface area contributed by atoms with Crippen molar-refractivity contribution >= 4 is 0 Å². The standard InChI is InChI=1S/C19H19N3/c1-13(2)17-12-21-19-16-8-10-20-18(14-6-4-3-5-7-14)15(16)9-11-22(17)19/h3-8,10,12-13H,9,11H2,1-2H3. The first kappa shape index (κ1) is 13.3. The van der Waals surface area contributed by atoms with E-state index in [1.54, 1.807) is 0 Å². The van der Waals surface area contributed by atoms with Crippen molar-refractivity contribution in [3.05, 3.63) is 60.0 Å². The molecule has 110 valence electrons. The molecule has 0 radical (unpaired) electrons. The molecule has 1 aliphatic heterocycles. The third-order valence-electron chi connectivity index (χ3n) is 4.41. The molecule has 0 fully saturated rings. The summed E-state index contributed by atoms with van der Waals surface area (Å²) in [6.45, 7) is 5.44. The van der Waals surface area contributed by atoms with E-state index >= 15 is 0 Å². The molecule has 22 heavy (non-hydrogen) atoms. The molecule has 3 heterocycles. The Kier molecular flexibility index (Phi) is 3.07. The Morgan fingerprint density at radius 2 is 1.86 bits per heavy atom. The first-order chi connectivity index (χ1) is 10.8. The van der Waals surface area contributed by atoms with Crippen LogP contribution < -0.4 is 0 Å². The Morgan fingerprint density at radius 1 is 1.05 bits per heavy atom. The zero-order chi connectivity index (χ0) is 15.1. The first-order valence-electron chi connectivity index (χ1n) is 7.85. The van der Waals surface area contributed by atoms with Crippen molar-refractivity contribution in [3.63, 3.8) is 0 Å². The van der Waals surface area contributed by atoms with Gasteiger partial charge in [0, 0.05) is 35.8 Å². The molecule has 0 atom stereocenters. The second kappa shape index (κ2) is 5.09. The lowest BCUT2D eigenvalue weighted by molar-refractivity contribution is 0.626. The number of nitrogens with zero attached hydrogens (tertiary/aromatic N) is 3. The molecule has 3 aromatic rings. The van der Waals surface area contributed by atoms with Crippen LogP contribution >= 0.6 is 0 Å². The lowest BCUT2D eigenvalue weighted by atomic mass is 9.95. The van der Waals surface area contributed by atoms with Crippen molar-refractivity contribution in [3.8, 4) is 22.6 Å². The van der Waals surface area contributed by atoms with Crippen molar-refractivity contribution in [2.45, 2.75) is 32.7 Å². The number of rotatable bonds is 2. The Bertz CT molecular complexity index is 816. The number of imidazole rings is 1. The number of fused-ring (bicyclic) bond motifs is 3. The molecule has 1 aromatic carbocycles. The summed E-state index contributed by atoms with van der Waals surface area (Å²) in [4.78, 5) is 9.33. The molecule has 1 aliphatic rings. The minimum absolute atomic E-state index is 0.498. The Labute approximate surface area is 130 Å². The van der Waals surface area contributed by atoms with Crippen LogP contribution in [0.15, 0.2) is 48.8 Å². The lowest BCUT2D eigenvalue weighted by Gasteiger charge is -2.22. The smallest absolute Gasteiger partial charge is 0.140 e. The second-order valence-electron chi connectivity index (χ2n) is 6.11. The van der Waals surface area contributed by atoms with Crippen LogP contribution in [0.1, 0.15) is 31.0 Å². The molecule has 0 spiro atoms. The van der Waals surface area contributed by atoms with Crippen LogP contribution in [0.25, 0.3) is 22.6 Å². The predicted octanol–water partition coefficient (Wildman–Crippen LogP) is 4.29. The summed E-state index contributed by atoms with van der Waals surface area (Å²) in [6, 6.07) is 12.5. The third-order valence-corrected chi connectivity index (χ3v) is 4.41. The molecule has 2 aromatic heterocycles. The summed E-state index contributed by atoms with van der Waals surface area (Å²) in [6.07, 6.45) is 4.94. The predicted molar refractivity (Wildman–Crippen MR) is 88.7 cm³/mol. The van der Waals surface area contributed by atoms with Gasteiger partial charge in [-0.1, -0.05) is 44.2 Å². The van der Waals surface area contributed by atoms with Gasteiger partial charge in [-0.15, -0.1) is 0 Å².